The number of piperidine rings is 1. The number of rotatable bonds is 7. The highest BCUT2D eigenvalue weighted by Crippen LogP contribution is 2.27. The first-order valence-corrected chi connectivity index (χ1v) is 14.4. The van der Waals surface area contributed by atoms with Crippen LogP contribution >= 0.6 is 23.2 Å². The van der Waals surface area contributed by atoms with Crippen molar-refractivity contribution in [1.29, 1.82) is 0 Å². The summed E-state index contributed by atoms with van der Waals surface area (Å²) in [5.74, 6) is -1.13. The summed E-state index contributed by atoms with van der Waals surface area (Å²) in [7, 11) is 0. The van der Waals surface area contributed by atoms with Crippen LogP contribution < -0.4 is 10.2 Å². The first kappa shape index (κ1) is 28.7. The molecular formula is C30H33Cl2F2N5O. The van der Waals surface area contributed by atoms with Gasteiger partial charge in [0, 0.05) is 68.2 Å². The lowest BCUT2D eigenvalue weighted by atomic mass is 10.0. The number of halogens is 4. The maximum Gasteiger partial charge on any atom is 0.253 e. The minimum absolute atomic E-state index is 0.0635. The standard InChI is InChI=1S/C30H33Cl2F2N5O/c1-20-14-21(2-5-26(20)31)19-37-8-6-25(7-9-37)38-10-12-39(13-11-38)29-27(32)15-23(18-35-29)30(40)36-17-22-3-4-24(33)16-28(22)34/h2-5,14-16,18,25H,6-13,17,19H2,1H3,(H,36,40). The smallest absolute Gasteiger partial charge is 0.253 e. The number of aromatic nitrogens is 1. The molecule has 1 N–H and O–H groups in total. The summed E-state index contributed by atoms with van der Waals surface area (Å²) >= 11 is 12.7. The van der Waals surface area contributed by atoms with E-state index in [9.17, 15) is 13.6 Å². The van der Waals surface area contributed by atoms with Crippen LogP contribution in [0.15, 0.2) is 48.7 Å². The summed E-state index contributed by atoms with van der Waals surface area (Å²) in [6.45, 7) is 8.60. The molecular weight excluding hydrogens is 555 g/mol. The van der Waals surface area contributed by atoms with Gasteiger partial charge in [0.2, 0.25) is 0 Å². The van der Waals surface area contributed by atoms with Crippen LogP contribution in [0.4, 0.5) is 14.6 Å². The molecule has 2 saturated heterocycles. The molecule has 5 rings (SSSR count). The molecule has 0 aliphatic carbocycles. The Morgan fingerprint density at radius 1 is 0.975 bits per heavy atom. The van der Waals surface area contributed by atoms with Gasteiger partial charge in [-0.1, -0.05) is 41.4 Å². The zero-order valence-electron chi connectivity index (χ0n) is 22.5. The summed E-state index contributed by atoms with van der Waals surface area (Å²) < 4.78 is 27.0. The zero-order chi connectivity index (χ0) is 28.2. The van der Waals surface area contributed by atoms with E-state index >= 15 is 0 Å². The predicted octanol–water partition coefficient (Wildman–Crippen LogP) is 5.69. The lowest BCUT2D eigenvalue weighted by Gasteiger charge is -2.43. The second kappa shape index (κ2) is 12.8. The lowest BCUT2D eigenvalue weighted by molar-refractivity contribution is 0.0950. The van der Waals surface area contributed by atoms with Gasteiger partial charge in [-0.3, -0.25) is 14.6 Å². The Hall–Kier alpha value is -2.78. The Morgan fingerprint density at radius 3 is 2.40 bits per heavy atom. The minimum atomic E-state index is -0.704. The number of amides is 1. The van der Waals surface area contributed by atoms with Crippen LogP contribution in [-0.2, 0) is 13.1 Å². The summed E-state index contributed by atoms with van der Waals surface area (Å²) in [5, 5.41) is 3.85. The number of hydrogen-bond donors (Lipinski definition) is 1. The van der Waals surface area contributed by atoms with Gasteiger partial charge >= 0.3 is 0 Å². The van der Waals surface area contributed by atoms with E-state index < -0.39 is 17.5 Å². The number of benzene rings is 2. The Kier molecular flexibility index (Phi) is 9.20. The maximum absolute atomic E-state index is 13.9. The van der Waals surface area contributed by atoms with E-state index in [0.717, 1.165) is 81.4 Å². The van der Waals surface area contributed by atoms with Crippen molar-refractivity contribution in [1.82, 2.24) is 20.1 Å². The van der Waals surface area contributed by atoms with Crippen molar-refractivity contribution >= 4 is 34.9 Å². The quantitative estimate of drug-likeness (QED) is 0.385. The van der Waals surface area contributed by atoms with Crippen molar-refractivity contribution in [3.05, 3.63) is 92.6 Å². The van der Waals surface area contributed by atoms with E-state index in [4.69, 9.17) is 23.2 Å². The molecule has 0 atom stereocenters. The monoisotopic (exact) mass is 587 g/mol. The van der Waals surface area contributed by atoms with Crippen LogP contribution in [0.3, 0.4) is 0 Å². The van der Waals surface area contributed by atoms with Crippen LogP contribution in [0.25, 0.3) is 0 Å². The molecule has 0 radical (unpaired) electrons. The Morgan fingerprint density at radius 2 is 1.73 bits per heavy atom. The number of likely N-dealkylation sites (tertiary alicyclic amines) is 1. The number of nitrogens with one attached hydrogen (secondary N) is 1. The Balaban J connectivity index is 1.09. The third-order valence-corrected chi connectivity index (χ3v) is 8.56. The van der Waals surface area contributed by atoms with Gasteiger partial charge < -0.3 is 10.2 Å². The predicted molar refractivity (Wildman–Crippen MR) is 155 cm³/mol. The molecule has 1 amide bonds. The Labute approximate surface area is 243 Å². The fraction of sp³-hybridized carbons (Fsp3) is 0.400. The lowest BCUT2D eigenvalue weighted by Crippen LogP contribution is -2.53. The summed E-state index contributed by atoms with van der Waals surface area (Å²) in [6, 6.07) is 11.7. The maximum atomic E-state index is 13.9. The molecule has 40 heavy (non-hydrogen) atoms. The summed E-state index contributed by atoms with van der Waals surface area (Å²) in [4.78, 5) is 24.3. The SMILES string of the molecule is Cc1cc(CN2CCC(N3CCN(c4ncc(C(=O)NCc5ccc(F)cc5F)cc4Cl)CC3)CC2)ccc1Cl. The number of anilines is 1. The van der Waals surface area contributed by atoms with Crippen molar-refractivity contribution in [2.45, 2.75) is 38.9 Å². The van der Waals surface area contributed by atoms with Crippen LogP contribution in [0.5, 0.6) is 0 Å². The number of piperazine rings is 1. The van der Waals surface area contributed by atoms with Gasteiger partial charge in [-0.05, 0) is 62.2 Å². The molecule has 0 unspecified atom stereocenters. The topological polar surface area (TPSA) is 51.7 Å². The van der Waals surface area contributed by atoms with E-state index in [1.165, 1.54) is 17.8 Å². The van der Waals surface area contributed by atoms with Gasteiger partial charge in [0.25, 0.3) is 5.91 Å². The van der Waals surface area contributed by atoms with E-state index in [-0.39, 0.29) is 17.7 Å². The molecule has 2 aliphatic rings. The van der Waals surface area contributed by atoms with Gasteiger partial charge in [0.05, 0.1) is 10.6 Å². The molecule has 2 aromatic carbocycles. The average Bonchev–Trinajstić information content (AvgIpc) is 2.95. The molecule has 10 heteroatoms. The van der Waals surface area contributed by atoms with Crippen molar-refractivity contribution in [2.75, 3.05) is 44.2 Å². The van der Waals surface area contributed by atoms with Crippen LogP contribution in [0.1, 0.15) is 39.9 Å². The Bertz CT molecular complexity index is 1360. The second-order valence-corrected chi connectivity index (χ2v) is 11.4. The van der Waals surface area contributed by atoms with Crippen LogP contribution in [0, 0.1) is 18.6 Å². The van der Waals surface area contributed by atoms with Crippen molar-refractivity contribution < 1.29 is 13.6 Å². The fourth-order valence-electron chi connectivity index (χ4n) is 5.53. The van der Waals surface area contributed by atoms with Gasteiger partial charge in [0.1, 0.15) is 17.5 Å². The third kappa shape index (κ3) is 6.92. The number of hydrogen-bond acceptors (Lipinski definition) is 5. The molecule has 0 bridgehead atoms. The number of aryl methyl sites for hydroxylation is 1. The number of pyridine rings is 1. The minimum Gasteiger partial charge on any atom is -0.353 e. The van der Waals surface area contributed by atoms with Crippen molar-refractivity contribution in [3.63, 3.8) is 0 Å². The second-order valence-electron chi connectivity index (χ2n) is 10.6. The fourth-order valence-corrected chi connectivity index (χ4v) is 5.94. The average molecular weight is 589 g/mol. The van der Waals surface area contributed by atoms with E-state index in [2.05, 4.69) is 37.1 Å². The van der Waals surface area contributed by atoms with E-state index in [0.29, 0.717) is 16.9 Å². The van der Waals surface area contributed by atoms with Crippen LogP contribution in [0.2, 0.25) is 10.0 Å². The zero-order valence-corrected chi connectivity index (χ0v) is 24.0. The molecule has 2 aliphatic heterocycles. The number of nitrogens with zero attached hydrogens (tertiary/aromatic N) is 4. The number of carbonyl (C=O) groups excluding carboxylic acids is 1. The third-order valence-electron chi connectivity index (χ3n) is 7.85. The molecule has 3 heterocycles. The first-order valence-electron chi connectivity index (χ1n) is 13.6. The van der Waals surface area contributed by atoms with Gasteiger partial charge in [-0.2, -0.15) is 0 Å². The first-order chi connectivity index (χ1) is 19.3. The highest BCUT2D eigenvalue weighted by Gasteiger charge is 2.28. The van der Waals surface area contributed by atoms with Crippen molar-refractivity contribution in [2.24, 2.45) is 0 Å². The molecule has 1 aromatic heterocycles. The van der Waals surface area contributed by atoms with Gasteiger partial charge in [-0.25, -0.2) is 13.8 Å². The number of carbonyl (C=O) groups is 1. The molecule has 2 fully saturated rings. The highest BCUT2D eigenvalue weighted by molar-refractivity contribution is 6.33. The van der Waals surface area contributed by atoms with E-state index in [1.54, 1.807) is 6.07 Å². The highest BCUT2D eigenvalue weighted by atomic mass is 35.5. The van der Waals surface area contributed by atoms with E-state index in [1.807, 2.05) is 13.0 Å². The summed E-state index contributed by atoms with van der Waals surface area (Å²) in [6.07, 6.45) is 3.79. The molecule has 3 aromatic rings. The molecule has 6 nitrogen and oxygen atoms in total. The molecule has 0 saturated carbocycles. The molecule has 212 valence electrons. The molecule has 0 spiro atoms. The normalized spacial score (nSPS) is 17.3. The van der Waals surface area contributed by atoms with Crippen molar-refractivity contribution in [3.8, 4) is 0 Å². The van der Waals surface area contributed by atoms with Crippen LogP contribution in [-0.4, -0.2) is 66.0 Å². The summed E-state index contributed by atoms with van der Waals surface area (Å²) in [5.41, 5.74) is 2.92. The van der Waals surface area contributed by atoms with Gasteiger partial charge in [0.15, 0.2) is 0 Å². The largest absolute Gasteiger partial charge is 0.353 e. The van der Waals surface area contributed by atoms with Gasteiger partial charge in [-0.15, -0.1) is 0 Å².